The van der Waals surface area contributed by atoms with Gasteiger partial charge in [0, 0.05) is 12.8 Å². The molecule has 1 N–H and O–H groups in total. The van der Waals surface area contributed by atoms with Crippen molar-refractivity contribution in [3.05, 3.63) is 72.9 Å². The third-order valence-corrected chi connectivity index (χ3v) is 12.0. The lowest BCUT2D eigenvalue weighted by Crippen LogP contribution is -2.28. The van der Waals surface area contributed by atoms with E-state index in [0.29, 0.717) is 12.8 Å². The van der Waals surface area contributed by atoms with Crippen LogP contribution in [0.2, 0.25) is 0 Å². The zero-order valence-electron chi connectivity index (χ0n) is 42.3. The second-order valence-corrected chi connectivity index (χ2v) is 18.3. The van der Waals surface area contributed by atoms with Gasteiger partial charge in [-0.05, 0) is 70.6 Å². The van der Waals surface area contributed by atoms with Crippen molar-refractivity contribution < 1.29 is 24.2 Å². The van der Waals surface area contributed by atoms with Crippen molar-refractivity contribution in [3.8, 4) is 0 Å². The predicted molar refractivity (Wildman–Crippen MR) is 279 cm³/mol. The molecular weight excluding hydrogens is 789 g/mol. The lowest BCUT2D eigenvalue weighted by molar-refractivity contribution is -0.161. The molecule has 0 amide bonds. The smallest absolute Gasteiger partial charge is 0.306 e. The van der Waals surface area contributed by atoms with E-state index in [0.717, 1.165) is 51.4 Å². The molecule has 5 nitrogen and oxygen atoms in total. The molecule has 0 rings (SSSR count). The molecule has 1 atom stereocenters. The highest BCUT2D eigenvalue weighted by atomic mass is 16.6. The van der Waals surface area contributed by atoms with Gasteiger partial charge in [0.05, 0.1) is 6.61 Å². The van der Waals surface area contributed by atoms with Crippen LogP contribution in [0.4, 0.5) is 0 Å². The number of carbonyl (C=O) groups excluding carboxylic acids is 2. The van der Waals surface area contributed by atoms with E-state index in [1.54, 1.807) is 0 Å². The average molecular weight is 893 g/mol. The number of esters is 2. The summed E-state index contributed by atoms with van der Waals surface area (Å²) < 4.78 is 10.6. The summed E-state index contributed by atoms with van der Waals surface area (Å²) >= 11 is 0. The molecule has 5 heteroatoms. The van der Waals surface area contributed by atoms with Gasteiger partial charge >= 0.3 is 11.9 Å². The van der Waals surface area contributed by atoms with Crippen LogP contribution in [0.1, 0.15) is 271 Å². The molecule has 0 aliphatic heterocycles. The van der Waals surface area contributed by atoms with Crippen LogP contribution in [0.5, 0.6) is 0 Å². The lowest BCUT2D eigenvalue weighted by atomic mass is 10.0. The number of ether oxygens (including phenoxy) is 2. The highest BCUT2D eigenvalue weighted by Gasteiger charge is 2.15. The summed E-state index contributed by atoms with van der Waals surface area (Å²) in [7, 11) is 0. The summed E-state index contributed by atoms with van der Waals surface area (Å²) in [6.07, 6.45) is 74.9. The number of aliphatic hydroxyl groups excluding tert-OH is 1. The molecule has 0 saturated carbocycles. The van der Waals surface area contributed by atoms with Gasteiger partial charge in [0.15, 0.2) is 6.10 Å². The molecule has 0 spiro atoms. The van der Waals surface area contributed by atoms with E-state index in [9.17, 15) is 14.7 Å². The molecule has 0 bridgehead atoms. The average Bonchev–Trinajstić information content (AvgIpc) is 3.30. The van der Waals surface area contributed by atoms with Crippen LogP contribution < -0.4 is 0 Å². The van der Waals surface area contributed by atoms with Crippen molar-refractivity contribution in [3.63, 3.8) is 0 Å². The number of unbranched alkanes of at least 4 members (excludes halogenated alkanes) is 30. The zero-order valence-corrected chi connectivity index (χ0v) is 42.3. The largest absolute Gasteiger partial charge is 0.462 e. The lowest BCUT2D eigenvalue weighted by Gasteiger charge is -2.15. The fourth-order valence-electron chi connectivity index (χ4n) is 7.90. The summed E-state index contributed by atoms with van der Waals surface area (Å²) in [6, 6.07) is 0. The third-order valence-electron chi connectivity index (χ3n) is 12.0. The molecule has 370 valence electrons. The standard InChI is InChI=1S/C59H104O5/c1-3-5-7-9-11-13-15-17-18-19-20-21-22-23-24-25-26-27-28-29-30-31-32-33-34-35-36-37-38-39-40-42-43-45-47-49-51-53-58(61)63-56-57(55-60)64-59(62)54-52-50-48-46-44-41-16-14-12-10-8-6-4-2/h6,8,12,14-15,17,19-20,41,44,48,50,57,60H,3-5,7,9-11,13,16,18,21-40,42-43,45-47,49,51-56H2,1-2H3/b8-6-,14-12-,17-15-,20-19-,44-41-,50-48-. The summed E-state index contributed by atoms with van der Waals surface area (Å²) in [5.41, 5.74) is 0. The van der Waals surface area contributed by atoms with Gasteiger partial charge in [-0.15, -0.1) is 0 Å². The Morgan fingerprint density at radius 3 is 1.08 bits per heavy atom. The minimum atomic E-state index is -0.810. The zero-order chi connectivity index (χ0) is 46.3. The van der Waals surface area contributed by atoms with Gasteiger partial charge in [0.2, 0.25) is 0 Å². The van der Waals surface area contributed by atoms with Crippen LogP contribution in [0.15, 0.2) is 72.9 Å². The van der Waals surface area contributed by atoms with Crippen molar-refractivity contribution in [1.82, 2.24) is 0 Å². The van der Waals surface area contributed by atoms with Crippen LogP contribution in [0, 0.1) is 0 Å². The van der Waals surface area contributed by atoms with E-state index in [4.69, 9.17) is 9.47 Å². The number of allylic oxidation sites excluding steroid dienone is 12. The Morgan fingerprint density at radius 1 is 0.375 bits per heavy atom. The number of aliphatic hydroxyl groups is 1. The summed E-state index contributed by atoms with van der Waals surface area (Å²) in [4.78, 5) is 24.3. The molecule has 0 radical (unpaired) electrons. The van der Waals surface area contributed by atoms with E-state index in [2.05, 4.69) is 74.6 Å². The van der Waals surface area contributed by atoms with Crippen LogP contribution >= 0.6 is 0 Å². The maximum atomic E-state index is 12.2. The molecule has 0 fully saturated rings. The summed E-state index contributed by atoms with van der Waals surface area (Å²) in [6.45, 7) is 3.96. The monoisotopic (exact) mass is 893 g/mol. The first-order valence-corrected chi connectivity index (χ1v) is 27.5. The Labute approximate surface area is 397 Å². The van der Waals surface area contributed by atoms with E-state index in [1.165, 1.54) is 186 Å². The van der Waals surface area contributed by atoms with Gasteiger partial charge < -0.3 is 14.6 Å². The van der Waals surface area contributed by atoms with Crippen LogP contribution in [-0.4, -0.2) is 36.4 Å². The summed E-state index contributed by atoms with van der Waals surface area (Å²) in [5, 5.41) is 9.58. The van der Waals surface area contributed by atoms with Gasteiger partial charge in [-0.2, -0.15) is 0 Å². The first kappa shape index (κ1) is 61.3. The van der Waals surface area contributed by atoms with Crippen LogP contribution in [0.3, 0.4) is 0 Å². The number of carbonyl (C=O) groups is 2. The molecule has 0 saturated heterocycles. The Bertz CT molecular complexity index is 1150. The normalized spacial score (nSPS) is 12.7. The van der Waals surface area contributed by atoms with Crippen LogP contribution in [0.25, 0.3) is 0 Å². The van der Waals surface area contributed by atoms with Crippen molar-refractivity contribution >= 4 is 11.9 Å². The molecule has 0 aliphatic rings. The van der Waals surface area contributed by atoms with Crippen molar-refractivity contribution in [2.75, 3.05) is 13.2 Å². The predicted octanol–water partition coefficient (Wildman–Crippen LogP) is 18.4. The maximum Gasteiger partial charge on any atom is 0.306 e. The van der Waals surface area contributed by atoms with E-state index < -0.39 is 12.1 Å². The minimum absolute atomic E-state index is 0.0944. The minimum Gasteiger partial charge on any atom is -0.462 e. The summed E-state index contributed by atoms with van der Waals surface area (Å²) in [5.74, 6) is -0.680. The third kappa shape index (κ3) is 52.0. The molecule has 0 aromatic heterocycles. The van der Waals surface area contributed by atoms with Gasteiger partial charge in [-0.1, -0.05) is 260 Å². The Kier molecular flexibility index (Phi) is 52.4. The molecule has 0 heterocycles. The topological polar surface area (TPSA) is 72.8 Å². The first-order valence-electron chi connectivity index (χ1n) is 27.5. The Hall–Kier alpha value is -2.66. The van der Waals surface area contributed by atoms with Gasteiger partial charge in [0.25, 0.3) is 0 Å². The van der Waals surface area contributed by atoms with E-state index in [1.807, 2.05) is 12.2 Å². The molecule has 0 aromatic rings. The number of rotatable bonds is 50. The highest BCUT2D eigenvalue weighted by Crippen LogP contribution is 2.17. The van der Waals surface area contributed by atoms with Gasteiger partial charge in [-0.25, -0.2) is 0 Å². The molecule has 0 aliphatic carbocycles. The van der Waals surface area contributed by atoms with E-state index in [-0.39, 0.29) is 25.6 Å². The molecular formula is C59H104O5. The van der Waals surface area contributed by atoms with Gasteiger partial charge in [-0.3, -0.25) is 9.59 Å². The second-order valence-electron chi connectivity index (χ2n) is 18.3. The number of hydrogen-bond acceptors (Lipinski definition) is 5. The number of hydrogen-bond donors (Lipinski definition) is 1. The van der Waals surface area contributed by atoms with Crippen LogP contribution in [-0.2, 0) is 19.1 Å². The SMILES string of the molecule is CC/C=C\C/C=C\C/C=C\C/C=C\CCC(=O)OC(CO)COC(=O)CCCCCCCCCCCCCCCCCCCCCCCCCCC/C=C\C/C=C\CCCCCCC. The highest BCUT2D eigenvalue weighted by molar-refractivity contribution is 5.70. The Morgan fingerprint density at radius 2 is 0.703 bits per heavy atom. The fourth-order valence-corrected chi connectivity index (χ4v) is 7.90. The van der Waals surface area contributed by atoms with Gasteiger partial charge in [0.1, 0.15) is 6.61 Å². The van der Waals surface area contributed by atoms with Crippen molar-refractivity contribution in [2.24, 2.45) is 0 Å². The van der Waals surface area contributed by atoms with Crippen molar-refractivity contribution in [2.45, 2.75) is 277 Å². The Balaban J connectivity index is 3.41. The molecule has 0 aromatic carbocycles. The van der Waals surface area contributed by atoms with Crippen molar-refractivity contribution in [1.29, 1.82) is 0 Å². The fraction of sp³-hybridized carbons (Fsp3) is 0.763. The maximum absolute atomic E-state index is 12.2. The van der Waals surface area contributed by atoms with E-state index >= 15 is 0 Å². The second kappa shape index (κ2) is 54.7. The molecule has 1 unspecified atom stereocenters. The molecule has 64 heavy (non-hydrogen) atoms. The quantitative estimate of drug-likeness (QED) is 0.0374. The first-order chi connectivity index (χ1) is 31.6.